The Balaban J connectivity index is 2.19. The topological polar surface area (TPSA) is 17.0 Å². The van der Waals surface area contributed by atoms with Gasteiger partial charge in [-0.15, -0.1) is 0 Å². The summed E-state index contributed by atoms with van der Waals surface area (Å²) in [4.78, 5) is 0. The van der Waals surface area contributed by atoms with Gasteiger partial charge in [-0.2, -0.15) is 0 Å². The second-order valence-electron chi connectivity index (χ2n) is 2.23. The van der Waals surface area contributed by atoms with Gasteiger partial charge in [0.25, 0.3) is 0 Å². The molecule has 2 nitrogen and oxygen atoms in total. The fourth-order valence-electron chi connectivity index (χ4n) is 0.736. The summed E-state index contributed by atoms with van der Waals surface area (Å²) in [5.41, 5.74) is 0. The molecule has 0 saturated heterocycles. The summed E-state index contributed by atoms with van der Waals surface area (Å²) in [7, 11) is 0.586. The minimum atomic E-state index is 0.586. The molecule has 0 radical (unpaired) electrons. The fourth-order valence-corrected chi connectivity index (χ4v) is 1.38. The summed E-state index contributed by atoms with van der Waals surface area (Å²) in [6, 6.07) is 4.04. The van der Waals surface area contributed by atoms with Crippen LogP contribution in [-0.2, 0) is 0 Å². The molecule has 1 aromatic rings. The minimum Gasteiger partial charge on any atom is -0.356 e. The first-order chi connectivity index (χ1) is 5.93. The van der Waals surface area contributed by atoms with E-state index in [9.17, 15) is 0 Å². The smallest absolute Gasteiger partial charge is 0.0804 e. The number of nitrogens with zero attached hydrogens (tertiary/aromatic N) is 1. The first-order valence-electron chi connectivity index (χ1n) is 3.86. The Morgan fingerprint density at radius 1 is 1.25 bits per heavy atom. The Bertz CT molecular complexity index is 250. The van der Waals surface area contributed by atoms with Gasteiger partial charge in [-0.3, -0.25) is 0 Å². The van der Waals surface area contributed by atoms with Crippen LogP contribution in [0.15, 0.2) is 49.0 Å². The summed E-state index contributed by atoms with van der Waals surface area (Å²) in [5.74, 6) is 0. The quantitative estimate of drug-likeness (QED) is 0.556. The number of nitrogens with one attached hydrogen (secondary N) is 1. The van der Waals surface area contributed by atoms with E-state index < -0.39 is 0 Å². The van der Waals surface area contributed by atoms with Crippen molar-refractivity contribution >= 4 is 8.88 Å². The molecule has 1 rings (SSSR count). The van der Waals surface area contributed by atoms with Crippen LogP contribution in [0.25, 0.3) is 0 Å². The monoisotopic (exact) mass is 180 g/mol. The number of hydrogen-bond acceptors (Lipinski definition) is 1. The van der Waals surface area contributed by atoms with E-state index in [0.29, 0.717) is 8.88 Å². The second-order valence-corrected chi connectivity index (χ2v) is 3.26. The molecule has 1 atom stereocenters. The van der Waals surface area contributed by atoms with E-state index in [-0.39, 0.29) is 0 Å². The lowest BCUT2D eigenvalue weighted by Crippen LogP contribution is -1.91. The van der Waals surface area contributed by atoms with Gasteiger partial charge >= 0.3 is 0 Å². The largest absolute Gasteiger partial charge is 0.356 e. The van der Waals surface area contributed by atoms with Crippen molar-refractivity contribution in [1.29, 1.82) is 0 Å². The molecule has 0 aliphatic rings. The highest BCUT2D eigenvalue weighted by molar-refractivity contribution is 7.33. The minimum absolute atomic E-state index is 0.586. The zero-order valence-electron chi connectivity index (χ0n) is 7.07. The van der Waals surface area contributed by atoms with Gasteiger partial charge in [0.05, 0.1) is 8.88 Å². The molecule has 0 amide bonds. The average Bonchev–Trinajstić information content (AvgIpc) is 2.57. The summed E-state index contributed by atoms with van der Waals surface area (Å²) in [6.45, 7) is 2.00. The van der Waals surface area contributed by atoms with E-state index in [1.54, 1.807) is 0 Å². The van der Waals surface area contributed by atoms with E-state index in [0.717, 1.165) is 0 Å². The van der Waals surface area contributed by atoms with E-state index >= 15 is 0 Å². The van der Waals surface area contributed by atoms with Crippen LogP contribution in [0.3, 0.4) is 0 Å². The second kappa shape index (κ2) is 5.62. The molecule has 1 N–H and O–H groups in total. The fraction of sp³-hybridized carbons (Fsp3) is 0.111. The van der Waals surface area contributed by atoms with Gasteiger partial charge in [-0.25, -0.2) is 0 Å². The zero-order chi connectivity index (χ0) is 8.65. The Kier molecular flexibility index (Phi) is 4.25. The van der Waals surface area contributed by atoms with Gasteiger partial charge in [-0.05, 0) is 25.1 Å². The van der Waals surface area contributed by atoms with Crippen LogP contribution in [0.5, 0.6) is 0 Å². The predicted molar refractivity (Wildman–Crippen MR) is 55.2 cm³/mol. The third-order valence-electron chi connectivity index (χ3n) is 1.28. The third kappa shape index (κ3) is 3.40. The lowest BCUT2D eigenvalue weighted by molar-refractivity contribution is 1.22. The highest BCUT2D eigenvalue weighted by Crippen LogP contribution is 2.07. The molecule has 0 spiro atoms. The average molecular weight is 180 g/mol. The standard InChI is InChI=1S/C9H13N2P/c1-2-3-4-7-10-12-11-8-5-6-9-11/h2-10,12H,1H3/b3-2-,7-4-. The normalized spacial score (nSPS) is 12.4. The highest BCUT2D eigenvalue weighted by Gasteiger charge is 1.81. The summed E-state index contributed by atoms with van der Waals surface area (Å²) in [5, 5.41) is 3.18. The molecule has 0 fully saturated rings. The van der Waals surface area contributed by atoms with Crippen molar-refractivity contribution in [3.63, 3.8) is 0 Å². The molecule has 0 aromatic carbocycles. The van der Waals surface area contributed by atoms with Crippen LogP contribution in [0.2, 0.25) is 0 Å². The molecule has 64 valence electrons. The van der Waals surface area contributed by atoms with Crippen molar-refractivity contribution in [2.45, 2.75) is 6.92 Å². The maximum Gasteiger partial charge on any atom is 0.0804 e. The third-order valence-corrected chi connectivity index (χ3v) is 2.13. The molecular formula is C9H13N2P. The first kappa shape index (κ1) is 9.08. The first-order valence-corrected chi connectivity index (χ1v) is 4.80. The van der Waals surface area contributed by atoms with Crippen LogP contribution >= 0.6 is 8.88 Å². The lowest BCUT2D eigenvalue weighted by Gasteiger charge is -1.99. The Morgan fingerprint density at radius 2 is 2.00 bits per heavy atom. The molecule has 0 saturated carbocycles. The Hall–Kier alpha value is -1.01. The Labute approximate surface area is 74.9 Å². The highest BCUT2D eigenvalue weighted by atomic mass is 31.1. The molecular weight excluding hydrogens is 167 g/mol. The number of rotatable bonds is 4. The zero-order valence-corrected chi connectivity index (χ0v) is 8.07. The van der Waals surface area contributed by atoms with Crippen LogP contribution < -0.4 is 5.09 Å². The van der Waals surface area contributed by atoms with Crippen LogP contribution in [-0.4, -0.2) is 4.34 Å². The lowest BCUT2D eigenvalue weighted by atomic mass is 10.5. The van der Waals surface area contributed by atoms with Crippen molar-refractivity contribution in [2.75, 3.05) is 0 Å². The molecule has 0 aliphatic heterocycles. The van der Waals surface area contributed by atoms with Gasteiger partial charge < -0.3 is 9.42 Å². The van der Waals surface area contributed by atoms with E-state index in [1.165, 1.54) is 0 Å². The SMILES string of the molecule is C/C=C\C=C/NPn1cccc1. The van der Waals surface area contributed by atoms with Gasteiger partial charge in [0.15, 0.2) is 0 Å². The van der Waals surface area contributed by atoms with Crippen LogP contribution in [0, 0.1) is 0 Å². The Morgan fingerprint density at radius 3 is 2.67 bits per heavy atom. The van der Waals surface area contributed by atoms with E-state index in [4.69, 9.17) is 0 Å². The molecule has 1 heterocycles. The van der Waals surface area contributed by atoms with Gasteiger partial charge in [0.1, 0.15) is 0 Å². The predicted octanol–water partition coefficient (Wildman–Crippen LogP) is 2.52. The van der Waals surface area contributed by atoms with Crippen molar-refractivity contribution < 1.29 is 0 Å². The van der Waals surface area contributed by atoms with Crippen molar-refractivity contribution in [1.82, 2.24) is 9.42 Å². The number of allylic oxidation sites excluding steroid dienone is 3. The summed E-state index contributed by atoms with van der Waals surface area (Å²) >= 11 is 0. The molecule has 3 heteroatoms. The van der Waals surface area contributed by atoms with Crippen molar-refractivity contribution in [3.05, 3.63) is 49.0 Å². The number of hydrogen-bond donors (Lipinski definition) is 1. The molecule has 1 unspecified atom stereocenters. The van der Waals surface area contributed by atoms with E-state index in [1.807, 2.05) is 55.9 Å². The van der Waals surface area contributed by atoms with Gasteiger partial charge in [0, 0.05) is 18.6 Å². The summed E-state index contributed by atoms with van der Waals surface area (Å²) in [6.07, 6.45) is 12.0. The maximum absolute atomic E-state index is 3.18. The summed E-state index contributed by atoms with van der Waals surface area (Å²) < 4.78 is 2.10. The van der Waals surface area contributed by atoms with Crippen molar-refractivity contribution in [3.8, 4) is 0 Å². The number of aromatic nitrogens is 1. The molecule has 0 aliphatic carbocycles. The van der Waals surface area contributed by atoms with Crippen molar-refractivity contribution in [2.24, 2.45) is 0 Å². The molecule has 1 aromatic heterocycles. The van der Waals surface area contributed by atoms with Crippen LogP contribution in [0.4, 0.5) is 0 Å². The van der Waals surface area contributed by atoms with Gasteiger partial charge in [0.2, 0.25) is 0 Å². The molecule has 12 heavy (non-hydrogen) atoms. The van der Waals surface area contributed by atoms with Crippen LogP contribution in [0.1, 0.15) is 6.92 Å². The van der Waals surface area contributed by atoms with Gasteiger partial charge in [-0.1, -0.05) is 12.2 Å². The molecule has 0 bridgehead atoms. The van der Waals surface area contributed by atoms with E-state index in [2.05, 4.69) is 9.42 Å². The maximum atomic E-state index is 3.18.